The molecular formula is C18H35N. The van der Waals surface area contributed by atoms with E-state index in [4.69, 9.17) is 0 Å². The normalized spacial score (nSPS) is 14.0. The van der Waals surface area contributed by atoms with Crippen LogP contribution in [0, 0.1) is 5.41 Å². The lowest BCUT2D eigenvalue weighted by atomic mass is 9.70. The van der Waals surface area contributed by atoms with E-state index in [0.29, 0.717) is 5.41 Å². The Balaban J connectivity index is 5.15. The largest absolute Gasteiger partial charge is 0.266 e. The van der Waals surface area contributed by atoms with Crippen LogP contribution in [0.3, 0.4) is 0 Å². The van der Waals surface area contributed by atoms with Crippen molar-refractivity contribution in [2.45, 2.75) is 92.9 Å². The van der Waals surface area contributed by atoms with Gasteiger partial charge in [-0.3, -0.25) is 4.99 Å². The average Bonchev–Trinajstić information content (AvgIpc) is 2.42. The zero-order valence-electron chi connectivity index (χ0n) is 14.2. The monoisotopic (exact) mass is 265 g/mol. The summed E-state index contributed by atoms with van der Waals surface area (Å²) in [7, 11) is 0. The Kier molecular flexibility index (Phi) is 9.91. The van der Waals surface area contributed by atoms with Crippen molar-refractivity contribution >= 4 is 5.71 Å². The van der Waals surface area contributed by atoms with Crippen LogP contribution < -0.4 is 0 Å². The van der Waals surface area contributed by atoms with Gasteiger partial charge in [0.25, 0.3) is 0 Å². The average molecular weight is 265 g/mol. The molecule has 0 aliphatic rings. The van der Waals surface area contributed by atoms with Gasteiger partial charge < -0.3 is 0 Å². The predicted molar refractivity (Wildman–Crippen MR) is 88.9 cm³/mol. The highest BCUT2D eigenvalue weighted by Gasteiger charge is 2.29. The van der Waals surface area contributed by atoms with E-state index >= 15 is 0 Å². The lowest BCUT2D eigenvalue weighted by Crippen LogP contribution is -2.22. The third-order valence-electron chi connectivity index (χ3n) is 4.29. The van der Waals surface area contributed by atoms with Crippen molar-refractivity contribution in [1.82, 2.24) is 0 Å². The first kappa shape index (κ1) is 18.4. The molecule has 0 aromatic heterocycles. The summed E-state index contributed by atoms with van der Waals surface area (Å²) in [6, 6.07) is 0. The summed E-state index contributed by atoms with van der Waals surface area (Å²) in [5.41, 5.74) is 3.13. The van der Waals surface area contributed by atoms with Crippen molar-refractivity contribution in [3.8, 4) is 0 Å². The van der Waals surface area contributed by atoms with Crippen LogP contribution in [0.15, 0.2) is 16.8 Å². The second-order valence-electron chi connectivity index (χ2n) is 5.91. The predicted octanol–water partition coefficient (Wildman–Crippen LogP) is 6.54. The number of hydrogen-bond acceptors (Lipinski definition) is 1. The molecule has 1 heteroatoms. The SMILES string of the molecule is CCCCC(CCC)(CCC)/C(C)=C/N=C(C)CC. The molecule has 0 aliphatic heterocycles. The Labute approximate surface area is 121 Å². The second kappa shape index (κ2) is 10.2. The Morgan fingerprint density at radius 1 is 0.895 bits per heavy atom. The first-order valence-corrected chi connectivity index (χ1v) is 8.26. The summed E-state index contributed by atoms with van der Waals surface area (Å²) in [4.78, 5) is 4.64. The van der Waals surface area contributed by atoms with Gasteiger partial charge in [-0.1, -0.05) is 53.4 Å². The molecule has 0 bridgehead atoms. The Morgan fingerprint density at radius 2 is 1.47 bits per heavy atom. The molecule has 0 radical (unpaired) electrons. The van der Waals surface area contributed by atoms with Crippen molar-refractivity contribution in [3.63, 3.8) is 0 Å². The highest BCUT2D eigenvalue weighted by Crippen LogP contribution is 2.42. The van der Waals surface area contributed by atoms with Gasteiger partial charge in [0.2, 0.25) is 0 Å². The Hall–Kier alpha value is -0.590. The molecule has 0 saturated carbocycles. The van der Waals surface area contributed by atoms with Gasteiger partial charge in [0.05, 0.1) is 0 Å². The lowest BCUT2D eigenvalue weighted by Gasteiger charge is -2.35. The molecule has 0 aromatic rings. The zero-order chi connectivity index (χ0) is 14.7. The first-order chi connectivity index (χ1) is 9.06. The van der Waals surface area contributed by atoms with Gasteiger partial charge >= 0.3 is 0 Å². The smallest absolute Gasteiger partial charge is 0.0261 e. The summed E-state index contributed by atoms with van der Waals surface area (Å²) in [6.45, 7) is 13.5. The molecule has 0 N–H and O–H groups in total. The van der Waals surface area contributed by atoms with Crippen LogP contribution in [0.5, 0.6) is 0 Å². The minimum Gasteiger partial charge on any atom is -0.266 e. The standard InChI is InChI=1S/C18H35N/c1-7-11-14-18(12-8-2,13-9-3)16(5)15-19-17(6)10-4/h15H,7-14H2,1-6H3/b16-15+,19-17?. The molecule has 0 unspecified atom stereocenters. The zero-order valence-corrected chi connectivity index (χ0v) is 14.2. The fraction of sp³-hybridized carbons (Fsp3) is 0.833. The van der Waals surface area contributed by atoms with Crippen LogP contribution in [0.2, 0.25) is 0 Å². The fourth-order valence-electron chi connectivity index (χ4n) is 2.87. The van der Waals surface area contributed by atoms with Gasteiger partial charge in [-0.25, -0.2) is 0 Å². The van der Waals surface area contributed by atoms with E-state index in [-0.39, 0.29) is 0 Å². The van der Waals surface area contributed by atoms with Gasteiger partial charge in [-0.15, -0.1) is 0 Å². The summed E-state index contributed by atoms with van der Waals surface area (Å²) < 4.78 is 0. The third kappa shape index (κ3) is 6.40. The number of unbranched alkanes of at least 4 members (excludes halogenated alkanes) is 1. The summed E-state index contributed by atoms with van der Waals surface area (Å²) in [5.74, 6) is 0. The van der Waals surface area contributed by atoms with E-state index in [1.54, 1.807) is 0 Å². The first-order valence-electron chi connectivity index (χ1n) is 8.26. The molecule has 0 rings (SSSR count). The van der Waals surface area contributed by atoms with E-state index in [1.807, 2.05) is 0 Å². The third-order valence-corrected chi connectivity index (χ3v) is 4.29. The molecule has 0 heterocycles. The van der Waals surface area contributed by atoms with Crippen LogP contribution >= 0.6 is 0 Å². The maximum Gasteiger partial charge on any atom is 0.0261 e. The lowest BCUT2D eigenvalue weighted by molar-refractivity contribution is 0.261. The van der Waals surface area contributed by atoms with E-state index in [2.05, 4.69) is 52.7 Å². The van der Waals surface area contributed by atoms with Crippen LogP contribution in [-0.2, 0) is 0 Å². The summed E-state index contributed by atoms with van der Waals surface area (Å²) >= 11 is 0. The molecule has 0 aromatic carbocycles. The van der Waals surface area contributed by atoms with Crippen LogP contribution in [-0.4, -0.2) is 5.71 Å². The number of allylic oxidation sites excluding steroid dienone is 1. The van der Waals surface area contributed by atoms with Crippen molar-refractivity contribution in [2.75, 3.05) is 0 Å². The van der Waals surface area contributed by atoms with E-state index in [9.17, 15) is 0 Å². The fourth-order valence-corrected chi connectivity index (χ4v) is 2.87. The molecular weight excluding hydrogens is 230 g/mol. The highest BCUT2D eigenvalue weighted by atomic mass is 14.7. The number of hydrogen-bond donors (Lipinski definition) is 0. The van der Waals surface area contributed by atoms with Crippen LogP contribution in [0.25, 0.3) is 0 Å². The van der Waals surface area contributed by atoms with Crippen molar-refractivity contribution in [1.29, 1.82) is 0 Å². The molecule has 0 amide bonds. The molecule has 0 atom stereocenters. The molecule has 1 nitrogen and oxygen atoms in total. The van der Waals surface area contributed by atoms with Gasteiger partial charge in [0, 0.05) is 11.9 Å². The summed E-state index contributed by atoms with van der Waals surface area (Å²) in [5, 5.41) is 0. The van der Waals surface area contributed by atoms with E-state index in [1.165, 1.54) is 56.2 Å². The summed E-state index contributed by atoms with van der Waals surface area (Å²) in [6.07, 6.45) is 12.3. The Bertz CT molecular complexity index is 280. The number of aliphatic imine (C=N–C) groups is 1. The van der Waals surface area contributed by atoms with Crippen LogP contribution in [0.4, 0.5) is 0 Å². The highest BCUT2D eigenvalue weighted by molar-refractivity contribution is 5.82. The molecule has 0 saturated heterocycles. The molecule has 112 valence electrons. The van der Waals surface area contributed by atoms with Gasteiger partial charge in [0.15, 0.2) is 0 Å². The molecule has 0 spiro atoms. The maximum absolute atomic E-state index is 4.64. The van der Waals surface area contributed by atoms with Gasteiger partial charge in [-0.2, -0.15) is 0 Å². The van der Waals surface area contributed by atoms with Crippen molar-refractivity contribution in [3.05, 3.63) is 11.8 Å². The minimum absolute atomic E-state index is 0.400. The second-order valence-corrected chi connectivity index (χ2v) is 5.91. The van der Waals surface area contributed by atoms with Gasteiger partial charge in [0.1, 0.15) is 0 Å². The van der Waals surface area contributed by atoms with E-state index in [0.717, 1.165) is 6.42 Å². The van der Waals surface area contributed by atoms with E-state index < -0.39 is 0 Å². The van der Waals surface area contributed by atoms with Crippen molar-refractivity contribution < 1.29 is 0 Å². The molecule has 19 heavy (non-hydrogen) atoms. The quantitative estimate of drug-likeness (QED) is 0.398. The van der Waals surface area contributed by atoms with Crippen LogP contribution in [0.1, 0.15) is 92.9 Å². The number of rotatable bonds is 10. The number of nitrogens with zero attached hydrogens (tertiary/aromatic N) is 1. The molecule has 0 aliphatic carbocycles. The Morgan fingerprint density at radius 3 is 1.89 bits per heavy atom. The van der Waals surface area contributed by atoms with Crippen molar-refractivity contribution in [2.24, 2.45) is 10.4 Å². The topological polar surface area (TPSA) is 12.4 Å². The van der Waals surface area contributed by atoms with Gasteiger partial charge in [-0.05, 0) is 50.5 Å². The maximum atomic E-state index is 4.64. The minimum atomic E-state index is 0.400. The molecule has 0 fully saturated rings.